The number of halogens is 4. The van der Waals surface area contributed by atoms with Crippen molar-refractivity contribution in [2.24, 2.45) is 0 Å². The Bertz CT molecular complexity index is 1200. The molecule has 1 aliphatic heterocycles. The predicted molar refractivity (Wildman–Crippen MR) is 113 cm³/mol. The van der Waals surface area contributed by atoms with E-state index >= 15 is 0 Å². The van der Waals surface area contributed by atoms with Gasteiger partial charge in [0.05, 0.1) is 17.0 Å². The van der Waals surface area contributed by atoms with Crippen LogP contribution in [0, 0.1) is 12.7 Å². The SMILES string of the molecule is Cc1nc(N[C@H](C)c2cccc(C(F)(F)F)c2F)c2cc(N3CCNCC3)c(=O)[nH]c2n1. The van der Waals surface area contributed by atoms with Crippen molar-refractivity contribution in [1.82, 2.24) is 20.3 Å². The molecule has 1 aromatic carbocycles. The highest BCUT2D eigenvalue weighted by Crippen LogP contribution is 2.35. The lowest BCUT2D eigenvalue weighted by Crippen LogP contribution is -2.45. The summed E-state index contributed by atoms with van der Waals surface area (Å²) in [6.07, 6.45) is -4.80. The first-order valence-corrected chi connectivity index (χ1v) is 10.1. The summed E-state index contributed by atoms with van der Waals surface area (Å²) in [6, 6.07) is 4.01. The summed E-state index contributed by atoms with van der Waals surface area (Å²) in [5.41, 5.74) is -1.01. The Hall–Kier alpha value is -3.21. The molecule has 3 N–H and O–H groups in total. The molecule has 0 spiro atoms. The third kappa shape index (κ3) is 4.24. The highest BCUT2D eigenvalue weighted by atomic mass is 19.4. The minimum Gasteiger partial charge on any atom is -0.365 e. The van der Waals surface area contributed by atoms with E-state index in [1.54, 1.807) is 19.9 Å². The third-order valence-electron chi connectivity index (χ3n) is 5.41. The number of piperazine rings is 1. The predicted octanol–water partition coefficient (Wildman–Crippen LogP) is 3.37. The van der Waals surface area contributed by atoms with E-state index in [9.17, 15) is 22.4 Å². The zero-order valence-corrected chi connectivity index (χ0v) is 17.5. The molecule has 0 unspecified atom stereocenters. The van der Waals surface area contributed by atoms with Crippen LogP contribution in [0.2, 0.25) is 0 Å². The van der Waals surface area contributed by atoms with Crippen LogP contribution in [0.25, 0.3) is 11.0 Å². The lowest BCUT2D eigenvalue weighted by molar-refractivity contribution is -0.140. The fraction of sp³-hybridized carbons (Fsp3) is 0.381. The van der Waals surface area contributed by atoms with Crippen molar-refractivity contribution in [1.29, 1.82) is 0 Å². The summed E-state index contributed by atoms with van der Waals surface area (Å²) in [4.78, 5) is 25.9. The lowest BCUT2D eigenvalue weighted by Gasteiger charge is -2.28. The van der Waals surface area contributed by atoms with Gasteiger partial charge in [0.1, 0.15) is 28.8 Å². The number of H-pyrrole nitrogens is 1. The van der Waals surface area contributed by atoms with Crippen LogP contribution in [0.4, 0.5) is 29.1 Å². The van der Waals surface area contributed by atoms with Crippen molar-refractivity contribution < 1.29 is 17.6 Å². The second-order valence-corrected chi connectivity index (χ2v) is 7.68. The quantitative estimate of drug-likeness (QED) is 0.529. The molecule has 1 aliphatic rings. The van der Waals surface area contributed by atoms with Crippen LogP contribution in [0.1, 0.15) is 29.9 Å². The van der Waals surface area contributed by atoms with E-state index in [4.69, 9.17) is 0 Å². The number of benzene rings is 1. The highest BCUT2D eigenvalue weighted by Gasteiger charge is 2.35. The molecular formula is C21H22F4N6O. The van der Waals surface area contributed by atoms with Crippen LogP contribution >= 0.6 is 0 Å². The van der Waals surface area contributed by atoms with E-state index in [-0.39, 0.29) is 11.1 Å². The molecule has 1 fully saturated rings. The van der Waals surface area contributed by atoms with Gasteiger partial charge in [0.2, 0.25) is 0 Å². The summed E-state index contributed by atoms with van der Waals surface area (Å²) in [5.74, 6) is -0.684. The van der Waals surface area contributed by atoms with E-state index < -0.39 is 23.6 Å². The monoisotopic (exact) mass is 450 g/mol. The summed E-state index contributed by atoms with van der Waals surface area (Å²) in [6.45, 7) is 5.94. The van der Waals surface area contributed by atoms with Crippen molar-refractivity contribution in [3.05, 3.63) is 57.4 Å². The summed E-state index contributed by atoms with van der Waals surface area (Å²) in [5, 5.41) is 6.71. The summed E-state index contributed by atoms with van der Waals surface area (Å²) in [7, 11) is 0. The Kier molecular flexibility index (Phi) is 5.76. The van der Waals surface area contributed by atoms with E-state index in [1.807, 2.05) is 4.90 Å². The first-order chi connectivity index (χ1) is 15.1. The molecule has 2 aromatic heterocycles. The molecule has 170 valence electrons. The largest absolute Gasteiger partial charge is 0.419 e. The number of alkyl halides is 3. The zero-order chi connectivity index (χ0) is 23.0. The molecule has 0 aliphatic carbocycles. The van der Waals surface area contributed by atoms with Crippen LogP contribution in [-0.2, 0) is 6.18 Å². The minimum atomic E-state index is -4.80. The van der Waals surface area contributed by atoms with Crippen LogP contribution in [0.5, 0.6) is 0 Å². The van der Waals surface area contributed by atoms with E-state index in [2.05, 4.69) is 25.6 Å². The Balaban J connectivity index is 1.75. The number of fused-ring (bicyclic) bond motifs is 1. The van der Waals surface area contributed by atoms with E-state index in [1.165, 1.54) is 12.1 Å². The Morgan fingerprint density at radius 2 is 1.91 bits per heavy atom. The zero-order valence-electron chi connectivity index (χ0n) is 17.5. The van der Waals surface area contributed by atoms with E-state index in [0.717, 1.165) is 13.1 Å². The normalized spacial score (nSPS) is 15.8. The van der Waals surface area contributed by atoms with Gasteiger partial charge in [0, 0.05) is 31.7 Å². The van der Waals surface area contributed by atoms with Crippen molar-refractivity contribution in [2.45, 2.75) is 26.1 Å². The average Bonchev–Trinajstić information content (AvgIpc) is 2.73. The molecule has 0 radical (unpaired) electrons. The van der Waals surface area contributed by atoms with Gasteiger partial charge < -0.3 is 20.5 Å². The van der Waals surface area contributed by atoms with Gasteiger partial charge in [-0.1, -0.05) is 12.1 Å². The highest BCUT2D eigenvalue weighted by molar-refractivity contribution is 5.89. The van der Waals surface area contributed by atoms with Gasteiger partial charge in [-0.05, 0) is 26.0 Å². The smallest absolute Gasteiger partial charge is 0.365 e. The maximum Gasteiger partial charge on any atom is 0.419 e. The number of nitrogens with zero attached hydrogens (tertiary/aromatic N) is 3. The molecule has 3 aromatic rings. The number of nitrogens with one attached hydrogen (secondary N) is 3. The van der Waals surface area contributed by atoms with Crippen molar-refractivity contribution in [3.8, 4) is 0 Å². The van der Waals surface area contributed by atoms with Crippen molar-refractivity contribution >= 4 is 22.5 Å². The van der Waals surface area contributed by atoms with Crippen LogP contribution in [-0.4, -0.2) is 41.1 Å². The second kappa shape index (κ2) is 8.38. The maximum absolute atomic E-state index is 14.6. The molecular weight excluding hydrogens is 428 g/mol. The first kappa shape index (κ1) is 22.0. The number of pyridine rings is 1. The average molecular weight is 450 g/mol. The first-order valence-electron chi connectivity index (χ1n) is 10.1. The second-order valence-electron chi connectivity index (χ2n) is 7.68. The molecule has 11 heteroatoms. The number of rotatable bonds is 4. The van der Waals surface area contributed by atoms with Gasteiger partial charge in [0.25, 0.3) is 5.56 Å². The molecule has 0 bridgehead atoms. The molecule has 0 saturated carbocycles. The fourth-order valence-electron chi connectivity index (χ4n) is 3.82. The molecule has 4 rings (SSSR count). The van der Waals surface area contributed by atoms with Crippen molar-refractivity contribution in [3.63, 3.8) is 0 Å². The number of aromatic nitrogens is 3. The minimum absolute atomic E-state index is 0.143. The van der Waals surface area contributed by atoms with Crippen LogP contribution < -0.4 is 21.1 Å². The Labute approximate surface area is 180 Å². The third-order valence-corrected chi connectivity index (χ3v) is 5.41. The number of hydrogen-bond acceptors (Lipinski definition) is 6. The van der Waals surface area contributed by atoms with Crippen molar-refractivity contribution in [2.75, 3.05) is 36.4 Å². The Morgan fingerprint density at radius 3 is 2.59 bits per heavy atom. The van der Waals surface area contributed by atoms with Gasteiger partial charge in [-0.25, -0.2) is 14.4 Å². The van der Waals surface area contributed by atoms with Gasteiger partial charge in [-0.3, -0.25) is 4.79 Å². The fourth-order valence-corrected chi connectivity index (χ4v) is 3.82. The van der Waals surface area contributed by atoms with Gasteiger partial charge >= 0.3 is 6.18 Å². The molecule has 0 amide bonds. The number of aryl methyl sites for hydroxylation is 1. The van der Waals surface area contributed by atoms with Gasteiger partial charge in [-0.2, -0.15) is 13.2 Å². The van der Waals surface area contributed by atoms with E-state index in [0.29, 0.717) is 47.5 Å². The standard InChI is InChI=1S/C21H22F4N6O/c1-11(13-4-3-5-15(17(13)22)21(23,24)25)27-18-14-10-16(31-8-6-26-7-9-31)20(32)30-19(14)29-12(2)28-18/h3-5,10-11,26H,6-9H2,1-2H3,(H2,27,28,29,30,32)/t11-/m1/s1. The molecule has 7 nitrogen and oxygen atoms in total. The maximum atomic E-state index is 14.6. The van der Waals surface area contributed by atoms with Gasteiger partial charge in [-0.15, -0.1) is 0 Å². The number of hydrogen-bond donors (Lipinski definition) is 3. The Morgan fingerprint density at radius 1 is 1.19 bits per heavy atom. The summed E-state index contributed by atoms with van der Waals surface area (Å²) >= 11 is 0. The number of aromatic amines is 1. The molecule has 1 saturated heterocycles. The lowest BCUT2D eigenvalue weighted by atomic mass is 10.0. The molecule has 32 heavy (non-hydrogen) atoms. The van der Waals surface area contributed by atoms with Crippen LogP contribution in [0.15, 0.2) is 29.1 Å². The number of anilines is 2. The summed E-state index contributed by atoms with van der Waals surface area (Å²) < 4.78 is 54.0. The topological polar surface area (TPSA) is 85.9 Å². The van der Waals surface area contributed by atoms with Crippen LogP contribution in [0.3, 0.4) is 0 Å². The molecule has 3 heterocycles. The molecule has 1 atom stereocenters. The van der Waals surface area contributed by atoms with Gasteiger partial charge in [0.15, 0.2) is 0 Å².